The Balaban J connectivity index is 2.20. The van der Waals surface area contributed by atoms with E-state index in [0.29, 0.717) is 0 Å². The molecular formula is C38H70O3S. The zero-order chi connectivity index (χ0) is 30.6. The van der Waals surface area contributed by atoms with Crippen LogP contribution < -0.4 is 0 Å². The minimum atomic E-state index is -4.18. The average Bonchev–Trinajstić information content (AvgIpc) is 2.97. The van der Waals surface area contributed by atoms with Crippen molar-refractivity contribution in [2.24, 2.45) is 0 Å². The summed E-state index contributed by atoms with van der Waals surface area (Å²) < 4.78 is 34.1. The fourth-order valence-electron chi connectivity index (χ4n) is 6.38. The summed E-state index contributed by atoms with van der Waals surface area (Å²) in [5.41, 5.74) is 1.99. The van der Waals surface area contributed by atoms with Gasteiger partial charge in [0, 0.05) is 0 Å². The Bertz CT molecular complexity index is 833. The van der Waals surface area contributed by atoms with Crippen LogP contribution in [0, 0.1) is 0 Å². The van der Waals surface area contributed by atoms with E-state index in [1.807, 2.05) is 0 Å². The second-order valence-corrected chi connectivity index (χ2v) is 14.5. The molecule has 246 valence electrons. The Labute approximate surface area is 263 Å². The molecule has 0 aromatic heterocycles. The van der Waals surface area contributed by atoms with Gasteiger partial charge in [-0.15, -0.1) is 0 Å². The molecule has 0 atom stereocenters. The zero-order valence-corrected chi connectivity index (χ0v) is 28.9. The molecule has 4 heteroatoms. The molecule has 0 amide bonds. The largest absolute Gasteiger partial charge is 0.294 e. The molecule has 0 unspecified atom stereocenters. The van der Waals surface area contributed by atoms with Crippen molar-refractivity contribution in [1.29, 1.82) is 0 Å². The first-order chi connectivity index (χ1) is 20.5. The van der Waals surface area contributed by atoms with Gasteiger partial charge in [0.15, 0.2) is 0 Å². The van der Waals surface area contributed by atoms with Gasteiger partial charge in [-0.3, -0.25) is 4.55 Å². The van der Waals surface area contributed by atoms with Gasteiger partial charge in [-0.05, 0) is 42.9 Å². The molecule has 42 heavy (non-hydrogen) atoms. The summed E-state index contributed by atoms with van der Waals surface area (Å²) in [6.45, 7) is 4.55. The van der Waals surface area contributed by atoms with Crippen molar-refractivity contribution >= 4 is 10.1 Å². The van der Waals surface area contributed by atoms with Crippen LogP contribution in [-0.2, 0) is 23.0 Å². The Kier molecular flexibility index (Phi) is 25.8. The molecule has 3 nitrogen and oxygen atoms in total. The Hall–Kier alpha value is -0.870. The first-order valence-corrected chi connectivity index (χ1v) is 20.0. The molecule has 0 aliphatic rings. The molecule has 0 saturated carbocycles. The van der Waals surface area contributed by atoms with Crippen LogP contribution in [0.2, 0.25) is 0 Å². The summed E-state index contributed by atoms with van der Waals surface area (Å²) >= 11 is 0. The van der Waals surface area contributed by atoms with Crippen molar-refractivity contribution in [2.45, 2.75) is 211 Å². The van der Waals surface area contributed by atoms with Crippen LogP contribution >= 0.6 is 0 Å². The summed E-state index contributed by atoms with van der Waals surface area (Å²) in [6, 6.07) is 5.47. The van der Waals surface area contributed by atoms with Crippen molar-refractivity contribution in [3.05, 3.63) is 29.3 Å². The molecule has 0 spiro atoms. The van der Waals surface area contributed by atoms with Gasteiger partial charge in [-0.2, -0.15) is 8.42 Å². The van der Waals surface area contributed by atoms with E-state index in [4.69, 9.17) is 0 Å². The highest BCUT2D eigenvalue weighted by molar-refractivity contribution is 7.85. The van der Waals surface area contributed by atoms with Crippen molar-refractivity contribution in [3.63, 3.8) is 0 Å². The van der Waals surface area contributed by atoms with E-state index in [0.717, 1.165) is 43.2 Å². The monoisotopic (exact) mass is 607 g/mol. The van der Waals surface area contributed by atoms with Gasteiger partial charge in [0.05, 0.1) is 4.90 Å². The predicted molar refractivity (Wildman–Crippen MR) is 184 cm³/mol. The second-order valence-electron chi connectivity index (χ2n) is 13.1. The van der Waals surface area contributed by atoms with E-state index >= 15 is 0 Å². The van der Waals surface area contributed by atoms with Gasteiger partial charge < -0.3 is 0 Å². The van der Waals surface area contributed by atoms with E-state index in [2.05, 4.69) is 19.9 Å². The third-order valence-corrected chi connectivity index (χ3v) is 10.0. The third kappa shape index (κ3) is 21.8. The molecule has 0 radical (unpaired) electrons. The number of hydrogen-bond donors (Lipinski definition) is 1. The predicted octanol–water partition coefficient (Wildman–Crippen LogP) is 13.0. The van der Waals surface area contributed by atoms with Crippen LogP contribution in [0.15, 0.2) is 23.1 Å². The minimum Gasteiger partial charge on any atom is -0.282 e. The van der Waals surface area contributed by atoms with Crippen LogP contribution in [0.1, 0.15) is 205 Å². The average molecular weight is 607 g/mol. The highest BCUT2D eigenvalue weighted by Crippen LogP contribution is 2.25. The summed E-state index contributed by atoms with van der Waals surface area (Å²) in [5, 5.41) is 0. The lowest BCUT2D eigenvalue weighted by Crippen LogP contribution is -2.07. The number of benzene rings is 1. The zero-order valence-electron chi connectivity index (χ0n) is 28.1. The Morgan fingerprint density at radius 3 is 1.10 bits per heavy atom. The molecule has 0 heterocycles. The second kappa shape index (κ2) is 27.7. The Morgan fingerprint density at radius 2 is 0.762 bits per heavy atom. The maximum Gasteiger partial charge on any atom is 0.294 e. The topological polar surface area (TPSA) is 54.4 Å². The molecule has 1 N–H and O–H groups in total. The van der Waals surface area contributed by atoms with Crippen LogP contribution in [-0.4, -0.2) is 13.0 Å². The molecule has 0 aliphatic carbocycles. The van der Waals surface area contributed by atoms with Crippen LogP contribution in [0.5, 0.6) is 0 Å². The quantitative estimate of drug-likeness (QED) is 0.0675. The van der Waals surface area contributed by atoms with Crippen molar-refractivity contribution in [1.82, 2.24) is 0 Å². The third-order valence-electron chi connectivity index (χ3n) is 9.09. The number of hydrogen-bond acceptors (Lipinski definition) is 2. The van der Waals surface area contributed by atoms with Crippen molar-refractivity contribution in [2.75, 3.05) is 0 Å². The minimum absolute atomic E-state index is 0.139. The fraction of sp³-hybridized carbons (Fsp3) is 0.842. The van der Waals surface area contributed by atoms with Gasteiger partial charge >= 0.3 is 0 Å². The van der Waals surface area contributed by atoms with E-state index in [1.54, 1.807) is 12.1 Å². The molecule has 1 rings (SSSR count). The summed E-state index contributed by atoms with van der Waals surface area (Å²) in [7, 11) is -4.18. The van der Waals surface area contributed by atoms with Gasteiger partial charge in [0.2, 0.25) is 0 Å². The van der Waals surface area contributed by atoms with Crippen molar-refractivity contribution < 1.29 is 13.0 Å². The van der Waals surface area contributed by atoms with Gasteiger partial charge in [-0.25, -0.2) is 0 Å². The lowest BCUT2D eigenvalue weighted by atomic mass is 9.96. The number of aryl methyl sites for hydroxylation is 1. The molecular weight excluding hydrogens is 536 g/mol. The highest BCUT2D eigenvalue weighted by Gasteiger charge is 2.17. The fourth-order valence-corrected chi connectivity index (χ4v) is 7.17. The summed E-state index contributed by atoms with van der Waals surface area (Å²) in [6.07, 6.45) is 38.8. The van der Waals surface area contributed by atoms with Crippen LogP contribution in [0.25, 0.3) is 0 Å². The molecule has 1 aromatic rings. The molecule has 0 bridgehead atoms. The van der Waals surface area contributed by atoms with Gasteiger partial charge in [0.25, 0.3) is 10.1 Å². The normalized spacial score (nSPS) is 11.9. The molecule has 0 aliphatic heterocycles. The van der Waals surface area contributed by atoms with E-state index in [9.17, 15) is 13.0 Å². The van der Waals surface area contributed by atoms with Gasteiger partial charge in [-0.1, -0.05) is 193 Å². The standard InChI is InChI=1S/C38H70O3S/c1-3-5-7-9-11-13-15-17-19-21-23-25-27-29-32-36-33-31-35-38(42(39,40)41)37(36)34-30-28-26-24-22-20-18-16-14-12-10-8-6-4-2/h31,33,35H,3-30,32,34H2,1-2H3,(H,39,40,41). The first kappa shape index (κ1) is 39.2. The van der Waals surface area contributed by atoms with E-state index in [-0.39, 0.29) is 4.90 Å². The van der Waals surface area contributed by atoms with Crippen LogP contribution in [0.3, 0.4) is 0 Å². The number of rotatable bonds is 31. The van der Waals surface area contributed by atoms with Crippen LogP contribution in [0.4, 0.5) is 0 Å². The van der Waals surface area contributed by atoms with E-state index < -0.39 is 10.1 Å². The smallest absolute Gasteiger partial charge is 0.282 e. The highest BCUT2D eigenvalue weighted by atomic mass is 32.2. The summed E-state index contributed by atoms with van der Waals surface area (Å²) in [5.74, 6) is 0. The summed E-state index contributed by atoms with van der Waals surface area (Å²) in [4.78, 5) is 0.139. The van der Waals surface area contributed by atoms with Gasteiger partial charge in [0.1, 0.15) is 0 Å². The molecule has 0 saturated heterocycles. The van der Waals surface area contributed by atoms with E-state index in [1.165, 1.54) is 161 Å². The van der Waals surface area contributed by atoms with Crippen molar-refractivity contribution in [3.8, 4) is 0 Å². The Morgan fingerprint density at radius 1 is 0.452 bits per heavy atom. The number of unbranched alkanes of at least 4 members (excludes halogenated alkanes) is 26. The maximum atomic E-state index is 12.1. The lowest BCUT2D eigenvalue weighted by Gasteiger charge is -2.14. The first-order valence-electron chi connectivity index (χ1n) is 18.6. The maximum absolute atomic E-state index is 12.1. The SMILES string of the molecule is CCCCCCCCCCCCCCCCc1cccc(S(=O)(=O)O)c1CCCCCCCCCCCCCCCC. The molecule has 0 fully saturated rings. The molecule has 1 aromatic carbocycles. The lowest BCUT2D eigenvalue weighted by molar-refractivity contribution is 0.481.